The Morgan fingerprint density at radius 1 is 1.21 bits per heavy atom. The highest BCUT2D eigenvalue weighted by molar-refractivity contribution is 8.13. The second-order valence-corrected chi connectivity index (χ2v) is 7.63. The molecule has 6 nitrogen and oxygen atoms in total. The maximum atomic E-state index is 13.0. The highest BCUT2D eigenvalue weighted by Gasteiger charge is 2.34. The minimum atomic E-state index is -0.423. The zero-order chi connectivity index (χ0) is 19.5. The van der Waals surface area contributed by atoms with Crippen molar-refractivity contribution >= 4 is 28.5 Å². The van der Waals surface area contributed by atoms with E-state index in [1.54, 1.807) is 23.9 Å². The fraction of sp³-hybridized carbons (Fsp3) is 0.286. The number of hydrazone groups is 1. The Labute approximate surface area is 168 Å². The quantitative estimate of drug-likeness (QED) is 0.791. The van der Waals surface area contributed by atoms with Crippen molar-refractivity contribution < 1.29 is 9.53 Å². The second-order valence-electron chi connectivity index (χ2n) is 6.55. The van der Waals surface area contributed by atoms with E-state index in [1.165, 1.54) is 0 Å². The molecule has 4 rings (SSSR count). The first-order valence-corrected chi connectivity index (χ1v) is 10.3. The van der Waals surface area contributed by atoms with Crippen LogP contribution >= 0.6 is 11.8 Å². The molecule has 144 valence electrons. The Hall–Kier alpha value is -2.80. The molecule has 2 aromatic rings. The Morgan fingerprint density at radius 3 is 2.89 bits per heavy atom. The van der Waals surface area contributed by atoms with E-state index in [4.69, 9.17) is 14.8 Å². The normalized spacial score (nSPS) is 17.9. The molecule has 0 bridgehead atoms. The van der Waals surface area contributed by atoms with E-state index in [1.807, 2.05) is 48.5 Å². The second kappa shape index (κ2) is 8.06. The number of nitrogens with zero attached hydrogens (tertiary/aromatic N) is 3. The number of methoxy groups -OCH3 is 1. The van der Waals surface area contributed by atoms with Crippen LogP contribution in [-0.4, -0.2) is 28.9 Å². The number of unbranched alkanes of at least 4 members (excludes halogenated alkanes) is 1. The molecule has 2 aliphatic heterocycles. The average molecular weight is 395 g/mol. The largest absolute Gasteiger partial charge is 0.497 e. The van der Waals surface area contributed by atoms with Gasteiger partial charge in [-0.1, -0.05) is 55.4 Å². The van der Waals surface area contributed by atoms with Gasteiger partial charge in [-0.25, -0.2) is 5.01 Å². The summed E-state index contributed by atoms with van der Waals surface area (Å²) in [5.74, 6) is 1.51. The standard InChI is InChI=1S/C21H22N4O2S/c1-3-4-12-28-21-23-20(26)18-16-10-5-6-11-17(16)22-19(25(18)24-21)14-8-7-9-15(13-14)27-2/h5-11,13,19H,3-4,12H2,1-2H3,(H,23,24,26)/t19-/m0/s1. The molecule has 2 aliphatic rings. The van der Waals surface area contributed by atoms with E-state index in [9.17, 15) is 4.79 Å². The van der Waals surface area contributed by atoms with Gasteiger partial charge in [0.25, 0.3) is 5.91 Å². The fourth-order valence-corrected chi connectivity index (χ4v) is 4.16. The Bertz CT molecular complexity index is 1050. The lowest BCUT2D eigenvalue weighted by molar-refractivity contribution is -0.116. The molecule has 0 spiro atoms. The third kappa shape index (κ3) is 3.49. The maximum Gasteiger partial charge on any atom is 0.276 e. The molecule has 28 heavy (non-hydrogen) atoms. The first kappa shape index (κ1) is 18.6. The van der Waals surface area contributed by atoms with Crippen LogP contribution in [0.25, 0.3) is 5.70 Å². The van der Waals surface area contributed by atoms with Gasteiger partial charge in [0.1, 0.15) is 11.4 Å². The zero-order valence-electron chi connectivity index (χ0n) is 15.9. The van der Waals surface area contributed by atoms with Gasteiger partial charge < -0.3 is 4.74 Å². The minimum absolute atomic E-state index is 0.149. The molecule has 2 aromatic carbocycles. The summed E-state index contributed by atoms with van der Waals surface area (Å²) >= 11 is 1.56. The third-order valence-corrected chi connectivity index (χ3v) is 5.59. The van der Waals surface area contributed by atoms with Gasteiger partial charge in [0.15, 0.2) is 11.3 Å². The zero-order valence-corrected chi connectivity index (χ0v) is 16.7. The van der Waals surface area contributed by atoms with Gasteiger partial charge in [-0.15, -0.1) is 5.10 Å². The molecule has 0 aromatic heterocycles. The highest BCUT2D eigenvalue weighted by atomic mass is 32.2. The average Bonchev–Trinajstić information content (AvgIpc) is 2.73. The molecule has 2 heterocycles. The van der Waals surface area contributed by atoms with E-state index in [-0.39, 0.29) is 5.91 Å². The van der Waals surface area contributed by atoms with Crippen molar-refractivity contribution in [2.24, 2.45) is 10.1 Å². The van der Waals surface area contributed by atoms with Gasteiger partial charge in [0.2, 0.25) is 0 Å². The van der Waals surface area contributed by atoms with Crippen molar-refractivity contribution in [3.8, 4) is 5.75 Å². The number of carbonyl (C=O) groups excluding carboxylic acids is 1. The summed E-state index contributed by atoms with van der Waals surface area (Å²) in [6, 6.07) is 15.4. The monoisotopic (exact) mass is 394 g/mol. The number of fused-ring (bicyclic) bond motifs is 2. The van der Waals surface area contributed by atoms with Gasteiger partial charge >= 0.3 is 0 Å². The van der Waals surface area contributed by atoms with E-state index >= 15 is 0 Å². The number of hydrogen-bond acceptors (Lipinski definition) is 6. The molecule has 1 amide bonds. The first-order valence-electron chi connectivity index (χ1n) is 9.34. The lowest BCUT2D eigenvalue weighted by atomic mass is 10.1. The van der Waals surface area contributed by atoms with Crippen LogP contribution in [0.3, 0.4) is 0 Å². The summed E-state index contributed by atoms with van der Waals surface area (Å²) in [7, 11) is 1.64. The summed E-state index contributed by atoms with van der Waals surface area (Å²) in [6.07, 6.45) is 1.75. The topological polar surface area (TPSA) is 66.3 Å². The van der Waals surface area contributed by atoms with E-state index in [0.717, 1.165) is 40.5 Å². The number of ether oxygens (including phenoxy) is 1. The summed E-state index contributed by atoms with van der Waals surface area (Å²) < 4.78 is 5.37. The van der Waals surface area contributed by atoms with Crippen molar-refractivity contribution in [3.05, 3.63) is 64.7 Å². The Morgan fingerprint density at radius 2 is 2.07 bits per heavy atom. The van der Waals surface area contributed by atoms with Crippen molar-refractivity contribution in [3.63, 3.8) is 0 Å². The molecule has 0 unspecified atom stereocenters. The van der Waals surface area contributed by atoms with Gasteiger partial charge in [0.05, 0.1) is 12.5 Å². The number of amides is 1. The molecular formula is C21H22N4O2S. The van der Waals surface area contributed by atoms with Crippen LogP contribution in [0.2, 0.25) is 0 Å². The highest BCUT2D eigenvalue weighted by Crippen LogP contribution is 2.32. The molecule has 1 atom stereocenters. The predicted molar refractivity (Wildman–Crippen MR) is 111 cm³/mol. The van der Waals surface area contributed by atoms with Crippen LogP contribution in [0.1, 0.15) is 31.5 Å². The smallest absolute Gasteiger partial charge is 0.276 e. The van der Waals surface area contributed by atoms with E-state index in [0.29, 0.717) is 10.9 Å². The number of benzene rings is 2. The molecule has 0 saturated heterocycles. The number of nitrogens with one attached hydrogen (secondary N) is 1. The van der Waals surface area contributed by atoms with Crippen molar-refractivity contribution in [2.75, 3.05) is 12.9 Å². The van der Waals surface area contributed by atoms with Gasteiger partial charge in [0, 0.05) is 16.5 Å². The van der Waals surface area contributed by atoms with Crippen LogP contribution in [0, 0.1) is 0 Å². The number of amidine groups is 1. The summed E-state index contributed by atoms with van der Waals surface area (Å²) in [4.78, 5) is 17.9. The minimum Gasteiger partial charge on any atom is -0.497 e. The molecule has 0 radical (unpaired) electrons. The van der Waals surface area contributed by atoms with Crippen molar-refractivity contribution in [1.82, 2.24) is 10.3 Å². The van der Waals surface area contributed by atoms with Crippen LogP contribution in [0.15, 0.2) is 58.6 Å². The summed E-state index contributed by atoms with van der Waals surface area (Å²) in [6.45, 7) is 2.15. The third-order valence-electron chi connectivity index (χ3n) is 4.64. The molecule has 1 N–H and O–H groups in total. The lowest BCUT2D eigenvalue weighted by Gasteiger charge is -2.34. The number of para-hydroxylation sites is 1. The Kier molecular flexibility index (Phi) is 5.34. The van der Waals surface area contributed by atoms with E-state index < -0.39 is 6.17 Å². The molecule has 0 saturated carbocycles. The first-order chi connectivity index (χ1) is 13.7. The molecule has 0 aliphatic carbocycles. The van der Waals surface area contributed by atoms with Crippen LogP contribution < -0.4 is 20.6 Å². The van der Waals surface area contributed by atoms with E-state index in [2.05, 4.69) is 12.2 Å². The predicted octanol–water partition coefficient (Wildman–Crippen LogP) is 2.37. The van der Waals surface area contributed by atoms with Gasteiger partial charge in [-0.05, 0) is 24.6 Å². The number of hydrogen-bond donors (Lipinski definition) is 1. The fourth-order valence-electron chi connectivity index (χ4n) is 3.22. The van der Waals surface area contributed by atoms with Crippen molar-refractivity contribution in [1.29, 1.82) is 0 Å². The summed E-state index contributed by atoms with van der Waals surface area (Å²) in [5, 5.41) is 11.6. The van der Waals surface area contributed by atoms with Crippen molar-refractivity contribution in [2.45, 2.75) is 25.9 Å². The molecule has 7 heteroatoms. The lowest BCUT2D eigenvalue weighted by Crippen LogP contribution is -2.50. The Balaban J connectivity index is 1.83. The number of thioether (sulfide) groups is 1. The summed E-state index contributed by atoms with van der Waals surface area (Å²) in [5.41, 5.74) is 1.45. The number of rotatable bonds is 5. The van der Waals surface area contributed by atoms with Crippen LogP contribution in [-0.2, 0) is 4.79 Å². The molecule has 0 fully saturated rings. The maximum absolute atomic E-state index is 13.0. The van der Waals surface area contributed by atoms with Crippen LogP contribution in [0.5, 0.6) is 5.75 Å². The number of carbonyl (C=O) groups is 1. The van der Waals surface area contributed by atoms with Crippen LogP contribution in [0.4, 0.5) is 0 Å². The SMILES string of the molecule is CCCCSC1=NN2C(=c3ccccc3=N[C@@H]2c2cccc(OC)c2)C(=O)N1. The molecular weight excluding hydrogens is 372 g/mol. The van der Waals surface area contributed by atoms with Gasteiger partial charge in [-0.2, -0.15) is 0 Å². The van der Waals surface area contributed by atoms with Gasteiger partial charge in [-0.3, -0.25) is 15.1 Å².